The second-order valence-corrected chi connectivity index (χ2v) is 6.11. The molecule has 4 rings (SSSR count). The predicted molar refractivity (Wildman–Crippen MR) is 86.1 cm³/mol. The van der Waals surface area contributed by atoms with E-state index in [0.29, 0.717) is 24.7 Å². The summed E-state index contributed by atoms with van der Waals surface area (Å²) in [7, 11) is 0. The molecule has 2 aromatic heterocycles. The smallest absolute Gasteiger partial charge is 0.293 e. The normalized spacial score (nSPS) is 17.5. The van der Waals surface area contributed by atoms with Crippen molar-refractivity contribution in [3.8, 4) is 11.7 Å². The molecule has 1 fully saturated rings. The summed E-state index contributed by atoms with van der Waals surface area (Å²) in [4.78, 5) is 25.5. The number of halogens is 2. The van der Waals surface area contributed by atoms with E-state index < -0.39 is 11.6 Å². The van der Waals surface area contributed by atoms with Crippen molar-refractivity contribution in [3.05, 3.63) is 53.6 Å². The minimum absolute atomic E-state index is 0.0922. The third-order valence-corrected chi connectivity index (χ3v) is 4.38. The van der Waals surface area contributed by atoms with Gasteiger partial charge in [-0.3, -0.25) is 4.79 Å². The highest BCUT2D eigenvalue weighted by Gasteiger charge is 2.29. The van der Waals surface area contributed by atoms with E-state index in [1.54, 1.807) is 17.3 Å². The first-order chi connectivity index (χ1) is 12.6. The molecule has 0 radical (unpaired) electrons. The summed E-state index contributed by atoms with van der Waals surface area (Å²) < 4.78 is 31.7. The Morgan fingerprint density at radius 1 is 1.31 bits per heavy atom. The molecule has 1 atom stereocenters. The molecule has 0 saturated carbocycles. The van der Waals surface area contributed by atoms with E-state index in [0.717, 1.165) is 25.0 Å². The maximum Gasteiger partial charge on any atom is 0.293 e. The first kappa shape index (κ1) is 16.4. The summed E-state index contributed by atoms with van der Waals surface area (Å²) in [5.74, 6) is -1.18. The van der Waals surface area contributed by atoms with Gasteiger partial charge in [0, 0.05) is 37.0 Å². The molecule has 26 heavy (non-hydrogen) atoms. The molecule has 9 heteroatoms. The average molecular weight is 359 g/mol. The van der Waals surface area contributed by atoms with Crippen molar-refractivity contribution in [1.29, 1.82) is 0 Å². The second kappa shape index (κ2) is 6.66. The number of hydrogen-bond acceptors (Lipinski definition) is 5. The second-order valence-electron chi connectivity index (χ2n) is 6.11. The molecule has 1 unspecified atom stereocenters. The molecule has 1 aromatic carbocycles. The van der Waals surface area contributed by atoms with Crippen LogP contribution in [0.1, 0.15) is 34.9 Å². The molecular formula is C17H15F2N5O2. The fourth-order valence-corrected chi connectivity index (χ4v) is 3.06. The number of aromatic amines is 1. The van der Waals surface area contributed by atoms with Crippen molar-refractivity contribution in [3.63, 3.8) is 0 Å². The Morgan fingerprint density at radius 2 is 2.19 bits per heavy atom. The van der Waals surface area contributed by atoms with E-state index in [4.69, 9.17) is 4.52 Å². The van der Waals surface area contributed by atoms with Crippen LogP contribution in [0.4, 0.5) is 8.78 Å². The van der Waals surface area contributed by atoms with Crippen LogP contribution >= 0.6 is 0 Å². The number of carbonyl (C=O) groups is 1. The first-order valence-electron chi connectivity index (χ1n) is 8.19. The van der Waals surface area contributed by atoms with Crippen LogP contribution in [0, 0.1) is 11.6 Å². The molecule has 1 amide bonds. The van der Waals surface area contributed by atoms with Crippen molar-refractivity contribution in [1.82, 2.24) is 25.0 Å². The Kier molecular flexibility index (Phi) is 4.19. The highest BCUT2D eigenvalue weighted by atomic mass is 19.2. The highest BCUT2D eigenvalue weighted by Crippen LogP contribution is 2.27. The number of carbonyl (C=O) groups excluding carboxylic acids is 1. The van der Waals surface area contributed by atoms with E-state index >= 15 is 0 Å². The molecular weight excluding hydrogens is 344 g/mol. The van der Waals surface area contributed by atoms with Gasteiger partial charge in [0.2, 0.25) is 0 Å². The third-order valence-electron chi connectivity index (χ3n) is 4.38. The van der Waals surface area contributed by atoms with Gasteiger partial charge < -0.3 is 14.4 Å². The van der Waals surface area contributed by atoms with Crippen molar-refractivity contribution >= 4 is 5.91 Å². The van der Waals surface area contributed by atoms with E-state index in [2.05, 4.69) is 20.1 Å². The molecule has 1 aliphatic rings. The van der Waals surface area contributed by atoms with Gasteiger partial charge in [0.25, 0.3) is 11.8 Å². The maximum atomic E-state index is 13.4. The number of nitrogens with one attached hydrogen (secondary N) is 1. The van der Waals surface area contributed by atoms with Gasteiger partial charge in [-0.15, -0.1) is 0 Å². The van der Waals surface area contributed by atoms with Crippen LogP contribution in [0.5, 0.6) is 0 Å². The molecule has 0 aliphatic carbocycles. The Morgan fingerprint density at radius 3 is 2.96 bits per heavy atom. The minimum atomic E-state index is -1.04. The van der Waals surface area contributed by atoms with Gasteiger partial charge in [-0.1, -0.05) is 5.16 Å². The summed E-state index contributed by atoms with van der Waals surface area (Å²) in [5, 5.41) is 3.99. The van der Waals surface area contributed by atoms with Crippen LogP contribution in [-0.2, 0) is 0 Å². The van der Waals surface area contributed by atoms with Crippen LogP contribution in [0.15, 0.2) is 35.1 Å². The summed E-state index contributed by atoms with van der Waals surface area (Å²) in [6, 6.07) is 3.16. The topological polar surface area (TPSA) is 87.9 Å². The number of amides is 1. The first-order valence-corrected chi connectivity index (χ1v) is 8.19. The standard InChI is InChI=1S/C17H15F2N5O2/c18-12-4-3-10(8-13(12)19)17(25)24-7-1-2-11(9-24)14-22-16(26-23-14)15-20-5-6-21-15/h3-6,8,11H,1-2,7,9H2,(H,20,21). The van der Waals surface area contributed by atoms with Crippen LogP contribution in [0.25, 0.3) is 11.7 Å². The maximum absolute atomic E-state index is 13.4. The van der Waals surface area contributed by atoms with E-state index in [1.807, 2.05) is 0 Å². The van der Waals surface area contributed by atoms with Crippen molar-refractivity contribution < 1.29 is 18.1 Å². The van der Waals surface area contributed by atoms with Crippen molar-refractivity contribution in [2.75, 3.05) is 13.1 Å². The van der Waals surface area contributed by atoms with Crippen molar-refractivity contribution in [2.24, 2.45) is 0 Å². The number of nitrogens with zero attached hydrogens (tertiary/aromatic N) is 4. The fourth-order valence-electron chi connectivity index (χ4n) is 3.06. The molecule has 7 nitrogen and oxygen atoms in total. The summed E-state index contributed by atoms with van der Waals surface area (Å²) in [6.45, 7) is 0.923. The predicted octanol–water partition coefficient (Wildman–Crippen LogP) is 2.76. The van der Waals surface area contributed by atoms with Crippen LogP contribution < -0.4 is 0 Å². The fraction of sp³-hybridized carbons (Fsp3) is 0.294. The number of piperidine rings is 1. The summed E-state index contributed by atoms with van der Waals surface area (Å²) >= 11 is 0. The van der Waals surface area contributed by atoms with Gasteiger partial charge in [0.15, 0.2) is 23.3 Å². The van der Waals surface area contributed by atoms with E-state index in [-0.39, 0.29) is 23.3 Å². The molecule has 0 spiro atoms. The Bertz CT molecular complexity index is 925. The van der Waals surface area contributed by atoms with Crippen LogP contribution in [-0.4, -0.2) is 44.0 Å². The molecule has 1 N–H and O–H groups in total. The number of aromatic nitrogens is 4. The van der Waals surface area contributed by atoms with Gasteiger partial charge in [-0.2, -0.15) is 4.98 Å². The zero-order chi connectivity index (χ0) is 18.1. The number of H-pyrrole nitrogens is 1. The molecule has 1 aliphatic heterocycles. The van der Waals surface area contributed by atoms with E-state index in [1.165, 1.54) is 6.07 Å². The Balaban J connectivity index is 1.50. The van der Waals surface area contributed by atoms with Crippen molar-refractivity contribution in [2.45, 2.75) is 18.8 Å². The SMILES string of the molecule is O=C(c1ccc(F)c(F)c1)N1CCCC(c2noc(-c3ncc[nH]3)n2)C1. The number of hydrogen-bond donors (Lipinski definition) is 1. The monoisotopic (exact) mass is 359 g/mol. The number of rotatable bonds is 3. The lowest BCUT2D eigenvalue weighted by Crippen LogP contribution is -2.39. The Hall–Kier alpha value is -3.10. The molecule has 3 heterocycles. The van der Waals surface area contributed by atoms with E-state index in [9.17, 15) is 13.6 Å². The molecule has 3 aromatic rings. The Labute approximate surface area is 147 Å². The quantitative estimate of drug-likeness (QED) is 0.777. The van der Waals surface area contributed by atoms with Gasteiger partial charge in [0.05, 0.1) is 0 Å². The number of benzene rings is 1. The molecule has 0 bridgehead atoms. The van der Waals surface area contributed by atoms with Gasteiger partial charge in [0.1, 0.15) is 0 Å². The minimum Gasteiger partial charge on any atom is -0.341 e. The lowest BCUT2D eigenvalue weighted by molar-refractivity contribution is 0.0703. The summed E-state index contributed by atoms with van der Waals surface area (Å²) in [5.41, 5.74) is 0.119. The van der Waals surface area contributed by atoms with Gasteiger partial charge in [-0.25, -0.2) is 13.8 Å². The molecule has 1 saturated heterocycles. The average Bonchev–Trinajstić information content (AvgIpc) is 3.35. The molecule has 134 valence electrons. The summed E-state index contributed by atoms with van der Waals surface area (Å²) in [6.07, 6.45) is 4.80. The van der Waals surface area contributed by atoms with Crippen LogP contribution in [0.2, 0.25) is 0 Å². The number of likely N-dealkylation sites (tertiary alicyclic amines) is 1. The third kappa shape index (κ3) is 3.07. The largest absolute Gasteiger partial charge is 0.341 e. The number of imidazole rings is 1. The van der Waals surface area contributed by atoms with Gasteiger partial charge >= 0.3 is 0 Å². The zero-order valence-corrected chi connectivity index (χ0v) is 13.7. The van der Waals surface area contributed by atoms with Gasteiger partial charge in [-0.05, 0) is 31.0 Å². The lowest BCUT2D eigenvalue weighted by atomic mass is 9.96. The van der Waals surface area contributed by atoms with Crippen LogP contribution in [0.3, 0.4) is 0 Å². The highest BCUT2D eigenvalue weighted by molar-refractivity contribution is 5.94. The lowest BCUT2D eigenvalue weighted by Gasteiger charge is -2.31. The zero-order valence-electron chi connectivity index (χ0n) is 13.7.